The molecule has 0 saturated carbocycles. The molecule has 1 fully saturated rings. The van der Waals surface area contributed by atoms with Gasteiger partial charge in [0.25, 0.3) is 11.8 Å². The summed E-state index contributed by atoms with van der Waals surface area (Å²) in [6, 6.07) is 23.9. The Balaban J connectivity index is 1.20. The molecule has 60 heavy (non-hydrogen) atoms. The molecule has 2 N–H and O–H groups in total. The van der Waals surface area contributed by atoms with Crippen molar-refractivity contribution in [3.8, 4) is 5.75 Å². The summed E-state index contributed by atoms with van der Waals surface area (Å²) in [5, 5.41) is 9.87. The molecular formula is C42H40ClN5O10S2. The number of β-lactam (4-membered cyclic amide) rings is 1. The van der Waals surface area contributed by atoms with Crippen molar-refractivity contribution in [3.05, 3.63) is 136 Å². The Kier molecular flexibility index (Phi) is 13.9. The number of aromatic nitrogens is 1. The van der Waals surface area contributed by atoms with Gasteiger partial charge in [-0.1, -0.05) is 78.0 Å². The molecule has 2 atom stereocenters. The van der Waals surface area contributed by atoms with Gasteiger partial charge in [0.15, 0.2) is 16.9 Å². The largest absolute Gasteiger partial charge is 0.497 e. The van der Waals surface area contributed by atoms with Crippen molar-refractivity contribution in [1.29, 1.82) is 0 Å². The molecule has 1 aromatic heterocycles. The SMILES string of the molecule is C=C(ON=C(C(=O)N[C@@H]1C(=O)N2C(C(=O)OCc3ccc(OC)cc3)=C(CCl)CS[C@H]12)c1csc(NC(=O)OC(C)(C)C)n1)C(=O)OC(c1ccccc1)c1ccccc1. The highest BCUT2D eigenvalue weighted by atomic mass is 35.5. The monoisotopic (exact) mass is 873 g/mol. The van der Waals surface area contributed by atoms with Crippen molar-refractivity contribution in [2.24, 2.45) is 5.16 Å². The third kappa shape index (κ3) is 10.5. The molecule has 0 bridgehead atoms. The van der Waals surface area contributed by atoms with Crippen LogP contribution in [0.3, 0.4) is 0 Å². The van der Waals surface area contributed by atoms with Gasteiger partial charge in [0.1, 0.15) is 40.8 Å². The maximum absolute atomic E-state index is 14.0. The molecule has 18 heteroatoms. The fourth-order valence-electron chi connectivity index (χ4n) is 5.85. The molecule has 0 spiro atoms. The number of alkyl halides is 1. The second kappa shape index (κ2) is 19.3. The van der Waals surface area contributed by atoms with Gasteiger partial charge in [-0.25, -0.2) is 19.4 Å². The van der Waals surface area contributed by atoms with E-state index < -0.39 is 64.4 Å². The van der Waals surface area contributed by atoms with Crippen molar-refractivity contribution in [2.45, 2.75) is 50.5 Å². The molecule has 312 valence electrons. The second-order valence-corrected chi connectivity index (χ2v) is 16.3. The minimum Gasteiger partial charge on any atom is -0.497 e. The lowest BCUT2D eigenvalue weighted by molar-refractivity contribution is -0.153. The van der Waals surface area contributed by atoms with Crippen molar-refractivity contribution in [1.82, 2.24) is 15.2 Å². The quantitative estimate of drug-likeness (QED) is 0.0189. The molecule has 0 unspecified atom stereocenters. The van der Waals surface area contributed by atoms with Crippen LogP contribution in [0.5, 0.6) is 5.75 Å². The summed E-state index contributed by atoms with van der Waals surface area (Å²) in [6.45, 7) is 8.69. The number of halogens is 1. The summed E-state index contributed by atoms with van der Waals surface area (Å²) < 4.78 is 21.9. The average molecular weight is 874 g/mol. The van der Waals surface area contributed by atoms with Crippen LogP contribution in [-0.4, -0.2) is 81.2 Å². The van der Waals surface area contributed by atoms with E-state index in [1.54, 1.807) is 101 Å². The fraction of sp³-hybridized carbons (Fsp3) is 0.262. The van der Waals surface area contributed by atoms with Crippen LogP contribution in [0.2, 0.25) is 0 Å². The Hall–Kier alpha value is -6.17. The first-order chi connectivity index (χ1) is 28.8. The number of ether oxygens (including phenoxy) is 4. The highest BCUT2D eigenvalue weighted by Crippen LogP contribution is 2.41. The lowest BCUT2D eigenvalue weighted by atomic mass is 10.0. The first-order valence-electron chi connectivity index (χ1n) is 18.3. The number of nitrogens with zero attached hydrogens (tertiary/aromatic N) is 3. The number of carbonyl (C=O) groups is 5. The van der Waals surface area contributed by atoms with E-state index in [-0.39, 0.29) is 34.8 Å². The average Bonchev–Trinajstić information content (AvgIpc) is 3.70. The van der Waals surface area contributed by atoms with Gasteiger partial charge in [-0.2, -0.15) is 0 Å². The number of amides is 3. The van der Waals surface area contributed by atoms with E-state index in [4.69, 9.17) is 35.4 Å². The number of esters is 2. The predicted molar refractivity (Wildman–Crippen MR) is 225 cm³/mol. The molecule has 3 heterocycles. The third-order valence-corrected chi connectivity index (χ3v) is 11.1. The highest BCUT2D eigenvalue weighted by molar-refractivity contribution is 8.00. The zero-order chi connectivity index (χ0) is 43.0. The van der Waals surface area contributed by atoms with Crippen LogP contribution in [0, 0.1) is 0 Å². The van der Waals surface area contributed by atoms with E-state index in [9.17, 15) is 24.0 Å². The molecule has 6 rings (SSSR count). The Morgan fingerprint density at radius 3 is 2.25 bits per heavy atom. The molecule has 2 aliphatic heterocycles. The zero-order valence-electron chi connectivity index (χ0n) is 32.8. The van der Waals surface area contributed by atoms with Crippen molar-refractivity contribution in [3.63, 3.8) is 0 Å². The molecule has 3 amide bonds. The number of oxime groups is 1. The molecule has 2 aliphatic rings. The maximum atomic E-state index is 14.0. The van der Waals surface area contributed by atoms with Crippen LogP contribution in [-0.2, 0) is 44.8 Å². The number of thiazole rings is 1. The van der Waals surface area contributed by atoms with Crippen molar-refractivity contribution in [2.75, 3.05) is 24.1 Å². The fourth-order valence-corrected chi connectivity index (χ4v) is 8.21. The first kappa shape index (κ1) is 43.4. The summed E-state index contributed by atoms with van der Waals surface area (Å²) >= 11 is 8.46. The second-order valence-electron chi connectivity index (χ2n) is 14.1. The zero-order valence-corrected chi connectivity index (χ0v) is 35.2. The lowest BCUT2D eigenvalue weighted by Crippen LogP contribution is -2.71. The Morgan fingerprint density at radius 2 is 1.65 bits per heavy atom. The summed E-state index contributed by atoms with van der Waals surface area (Å²) in [4.78, 5) is 78.0. The van der Waals surface area contributed by atoms with E-state index >= 15 is 0 Å². The van der Waals surface area contributed by atoms with Crippen LogP contribution in [0.1, 0.15) is 49.3 Å². The number of benzene rings is 3. The number of anilines is 1. The molecule has 0 radical (unpaired) electrons. The number of carbonyl (C=O) groups excluding carboxylic acids is 5. The van der Waals surface area contributed by atoms with E-state index in [0.717, 1.165) is 11.3 Å². The van der Waals surface area contributed by atoms with Crippen molar-refractivity contribution >= 4 is 75.4 Å². The van der Waals surface area contributed by atoms with E-state index in [2.05, 4.69) is 27.4 Å². The van der Waals surface area contributed by atoms with E-state index in [1.165, 1.54) is 22.0 Å². The number of thioether (sulfide) groups is 1. The van der Waals surface area contributed by atoms with Gasteiger partial charge in [0, 0.05) is 17.0 Å². The molecule has 15 nitrogen and oxygen atoms in total. The maximum Gasteiger partial charge on any atom is 0.413 e. The number of rotatable bonds is 15. The van der Waals surface area contributed by atoms with E-state index in [0.29, 0.717) is 28.0 Å². The minimum atomic E-state index is -1.13. The number of methoxy groups -OCH3 is 1. The van der Waals surface area contributed by atoms with E-state index in [1.807, 2.05) is 12.1 Å². The number of nitrogens with one attached hydrogen (secondary N) is 2. The minimum absolute atomic E-state index is 0.00599. The Bertz CT molecular complexity index is 2270. The van der Waals surface area contributed by atoms with Crippen LogP contribution in [0.25, 0.3) is 0 Å². The van der Waals surface area contributed by atoms with Gasteiger partial charge in [-0.15, -0.1) is 34.7 Å². The summed E-state index contributed by atoms with van der Waals surface area (Å²) in [7, 11) is 1.54. The van der Waals surface area contributed by atoms with Crippen LogP contribution >= 0.6 is 34.7 Å². The molecule has 4 aromatic rings. The van der Waals surface area contributed by atoms with Gasteiger partial charge in [-0.05, 0) is 61.7 Å². The van der Waals surface area contributed by atoms with Gasteiger partial charge in [0.2, 0.25) is 5.76 Å². The Labute approximate surface area is 358 Å². The normalized spacial score (nSPS) is 16.3. The highest BCUT2D eigenvalue weighted by Gasteiger charge is 2.54. The predicted octanol–water partition coefficient (Wildman–Crippen LogP) is 6.70. The first-order valence-corrected chi connectivity index (χ1v) is 20.8. The third-order valence-electron chi connectivity index (χ3n) is 8.69. The van der Waals surface area contributed by atoms with Gasteiger partial charge >= 0.3 is 18.0 Å². The van der Waals surface area contributed by atoms with Crippen LogP contribution in [0.15, 0.2) is 119 Å². The molecule has 3 aromatic carbocycles. The van der Waals surface area contributed by atoms with Gasteiger partial charge in [-0.3, -0.25) is 19.8 Å². The van der Waals surface area contributed by atoms with Crippen LogP contribution < -0.4 is 15.4 Å². The van der Waals surface area contributed by atoms with Gasteiger partial charge < -0.3 is 29.1 Å². The summed E-state index contributed by atoms with van der Waals surface area (Å²) in [5.41, 5.74) is 1.21. The number of hydrogen-bond acceptors (Lipinski definition) is 14. The van der Waals surface area contributed by atoms with Crippen LogP contribution in [0.4, 0.5) is 9.93 Å². The Morgan fingerprint density at radius 1 is 1.00 bits per heavy atom. The lowest BCUT2D eigenvalue weighted by Gasteiger charge is -2.49. The smallest absolute Gasteiger partial charge is 0.413 e. The molecule has 0 aliphatic carbocycles. The van der Waals surface area contributed by atoms with Crippen molar-refractivity contribution < 1.29 is 47.8 Å². The molecular weight excluding hydrogens is 834 g/mol. The topological polar surface area (TPSA) is 184 Å². The summed E-state index contributed by atoms with van der Waals surface area (Å²) in [6.07, 6.45) is -1.62. The number of fused-ring (bicyclic) bond motifs is 1. The summed E-state index contributed by atoms with van der Waals surface area (Å²) in [5.74, 6) is -2.93. The standard InChI is InChI=1S/C42H40ClN5O10S2/c1-24(38(51)56-34(26-12-8-6-9-13-26)27-14-10-7-11-15-27)58-47-31(30-23-60-40(44-30)46-41(53)57-42(2,3)4)35(49)45-32-36(50)48-33(28(20-43)22-59-37(32)48)39(52)55-21-25-16-18-29(54-5)19-17-25/h6-19,23,32,34,37H,1,20-22H2,2-5H3,(H,45,49)(H,44,46,53)/t32-,37-/m1/s1. The van der Waals surface area contributed by atoms with Gasteiger partial charge in [0.05, 0.1) is 7.11 Å². The molecule has 1 saturated heterocycles. The number of hydrogen-bond donors (Lipinski definition) is 2.